The number of aryl methyl sites for hydroxylation is 2. The van der Waals surface area contributed by atoms with Gasteiger partial charge in [0.25, 0.3) is 11.8 Å². The summed E-state index contributed by atoms with van der Waals surface area (Å²) in [7, 11) is 0. The third-order valence-corrected chi connectivity index (χ3v) is 5.71. The smallest absolute Gasteiger partial charge is 0.262 e. The van der Waals surface area contributed by atoms with Crippen LogP contribution in [0.15, 0.2) is 48.5 Å². The van der Waals surface area contributed by atoms with Gasteiger partial charge in [-0.05, 0) is 43.5 Å². The van der Waals surface area contributed by atoms with Gasteiger partial charge >= 0.3 is 0 Å². The number of carbonyl (C=O) groups is 3. The highest BCUT2D eigenvalue weighted by Gasteiger charge is 2.43. The van der Waals surface area contributed by atoms with E-state index in [1.54, 1.807) is 24.3 Å². The fourth-order valence-electron chi connectivity index (χ4n) is 4.21. The first kappa shape index (κ1) is 20.8. The van der Waals surface area contributed by atoms with Crippen LogP contribution in [0, 0.1) is 12.8 Å². The SMILES string of the molecule is Cc1nc2ccccc2n1CCCNC(=O)C(C(C)C)N1C(=O)c2ccccc2C1=O. The number of para-hydroxylation sites is 2. The summed E-state index contributed by atoms with van der Waals surface area (Å²) in [5.41, 5.74) is 2.73. The van der Waals surface area contributed by atoms with Crippen molar-refractivity contribution in [3.8, 4) is 0 Å². The van der Waals surface area contributed by atoms with Gasteiger partial charge in [0.15, 0.2) is 0 Å². The maximum absolute atomic E-state index is 13.0. The predicted octanol–water partition coefficient (Wildman–Crippen LogP) is 3.17. The number of imide groups is 1. The lowest BCUT2D eigenvalue weighted by atomic mass is 10.0. The highest BCUT2D eigenvalue weighted by atomic mass is 16.2. The molecule has 160 valence electrons. The average Bonchev–Trinajstić information content (AvgIpc) is 3.20. The summed E-state index contributed by atoms with van der Waals surface area (Å²) in [6, 6.07) is 13.8. The van der Waals surface area contributed by atoms with Gasteiger partial charge in [-0.25, -0.2) is 4.98 Å². The Kier molecular flexibility index (Phi) is 5.59. The Hall–Kier alpha value is -3.48. The van der Waals surface area contributed by atoms with Crippen molar-refractivity contribution < 1.29 is 14.4 Å². The Bertz CT molecular complexity index is 1130. The number of benzene rings is 2. The summed E-state index contributed by atoms with van der Waals surface area (Å²) in [4.78, 5) is 44.3. The topological polar surface area (TPSA) is 84.3 Å². The molecular weight excluding hydrogens is 392 g/mol. The van der Waals surface area contributed by atoms with E-state index < -0.39 is 17.9 Å². The molecule has 0 saturated heterocycles. The average molecular weight is 418 g/mol. The van der Waals surface area contributed by atoms with Crippen molar-refractivity contribution in [1.82, 2.24) is 19.8 Å². The molecule has 3 aromatic rings. The molecule has 0 bridgehead atoms. The number of amides is 3. The van der Waals surface area contributed by atoms with Crippen LogP contribution < -0.4 is 5.32 Å². The van der Waals surface area contributed by atoms with Crippen molar-refractivity contribution in [3.05, 3.63) is 65.5 Å². The van der Waals surface area contributed by atoms with E-state index in [-0.39, 0.29) is 11.8 Å². The molecule has 1 atom stereocenters. The molecule has 0 spiro atoms. The first-order chi connectivity index (χ1) is 14.9. The maximum Gasteiger partial charge on any atom is 0.262 e. The van der Waals surface area contributed by atoms with Gasteiger partial charge < -0.3 is 9.88 Å². The zero-order valence-electron chi connectivity index (χ0n) is 18.0. The quantitative estimate of drug-likeness (QED) is 0.472. The Morgan fingerprint density at radius 3 is 2.26 bits per heavy atom. The van der Waals surface area contributed by atoms with E-state index in [4.69, 9.17) is 0 Å². The van der Waals surface area contributed by atoms with Crippen LogP contribution in [-0.2, 0) is 11.3 Å². The highest BCUT2D eigenvalue weighted by molar-refractivity contribution is 6.22. The second-order valence-corrected chi connectivity index (χ2v) is 8.16. The molecule has 1 unspecified atom stereocenters. The van der Waals surface area contributed by atoms with Gasteiger partial charge in [-0.15, -0.1) is 0 Å². The number of hydrogen-bond acceptors (Lipinski definition) is 4. The van der Waals surface area contributed by atoms with Gasteiger partial charge in [-0.3, -0.25) is 19.3 Å². The van der Waals surface area contributed by atoms with Crippen LogP contribution in [0.25, 0.3) is 11.0 Å². The second kappa shape index (κ2) is 8.34. The fourth-order valence-corrected chi connectivity index (χ4v) is 4.21. The van der Waals surface area contributed by atoms with Crippen LogP contribution in [0.3, 0.4) is 0 Å². The Morgan fingerprint density at radius 1 is 1.00 bits per heavy atom. The number of imidazole rings is 1. The lowest BCUT2D eigenvalue weighted by Gasteiger charge is -2.28. The molecule has 2 heterocycles. The molecule has 7 heteroatoms. The lowest BCUT2D eigenvalue weighted by Crippen LogP contribution is -2.52. The fraction of sp³-hybridized carbons (Fsp3) is 0.333. The van der Waals surface area contributed by atoms with Crippen molar-refractivity contribution in [1.29, 1.82) is 0 Å². The van der Waals surface area contributed by atoms with E-state index >= 15 is 0 Å². The van der Waals surface area contributed by atoms with Crippen molar-refractivity contribution in [3.63, 3.8) is 0 Å². The summed E-state index contributed by atoms with van der Waals surface area (Å²) in [5, 5.41) is 2.92. The number of nitrogens with zero attached hydrogens (tertiary/aromatic N) is 3. The molecule has 3 amide bonds. The van der Waals surface area contributed by atoms with Crippen molar-refractivity contribution in [2.24, 2.45) is 5.92 Å². The summed E-state index contributed by atoms with van der Waals surface area (Å²) >= 11 is 0. The van der Waals surface area contributed by atoms with Crippen molar-refractivity contribution >= 4 is 28.8 Å². The maximum atomic E-state index is 13.0. The minimum Gasteiger partial charge on any atom is -0.354 e. The van der Waals surface area contributed by atoms with Gasteiger partial charge in [-0.1, -0.05) is 38.1 Å². The molecule has 1 N–H and O–H groups in total. The minimum atomic E-state index is -0.844. The van der Waals surface area contributed by atoms with Crippen LogP contribution in [0.5, 0.6) is 0 Å². The predicted molar refractivity (Wildman–Crippen MR) is 118 cm³/mol. The third-order valence-electron chi connectivity index (χ3n) is 5.71. The Balaban J connectivity index is 1.41. The number of fused-ring (bicyclic) bond motifs is 2. The van der Waals surface area contributed by atoms with Crippen molar-refractivity contribution in [2.75, 3.05) is 6.54 Å². The molecular formula is C24H26N4O3. The normalized spacial score (nSPS) is 14.4. The molecule has 0 aliphatic carbocycles. The molecule has 1 aromatic heterocycles. The summed E-state index contributed by atoms with van der Waals surface area (Å²) in [6.45, 7) is 6.81. The zero-order chi connectivity index (χ0) is 22.1. The monoisotopic (exact) mass is 418 g/mol. The molecule has 4 rings (SSSR count). The van der Waals surface area contributed by atoms with E-state index in [1.807, 2.05) is 45.0 Å². The first-order valence-corrected chi connectivity index (χ1v) is 10.6. The number of aromatic nitrogens is 2. The van der Waals surface area contributed by atoms with Crippen LogP contribution >= 0.6 is 0 Å². The van der Waals surface area contributed by atoms with E-state index in [2.05, 4.69) is 14.9 Å². The van der Waals surface area contributed by atoms with Gasteiger partial charge in [0.1, 0.15) is 11.9 Å². The van der Waals surface area contributed by atoms with E-state index in [0.29, 0.717) is 30.6 Å². The van der Waals surface area contributed by atoms with Crippen molar-refractivity contribution in [2.45, 2.75) is 39.8 Å². The summed E-state index contributed by atoms with van der Waals surface area (Å²) < 4.78 is 2.13. The van der Waals surface area contributed by atoms with Gasteiger partial charge in [0, 0.05) is 13.1 Å². The molecule has 0 saturated carbocycles. The number of rotatable bonds is 7. The van der Waals surface area contributed by atoms with E-state index in [9.17, 15) is 14.4 Å². The first-order valence-electron chi connectivity index (χ1n) is 10.6. The summed E-state index contributed by atoms with van der Waals surface area (Å²) in [6.07, 6.45) is 0.708. The van der Waals surface area contributed by atoms with Crippen LogP contribution in [0.4, 0.5) is 0 Å². The molecule has 31 heavy (non-hydrogen) atoms. The van der Waals surface area contributed by atoms with Crippen LogP contribution in [0.2, 0.25) is 0 Å². The number of hydrogen-bond donors (Lipinski definition) is 1. The van der Waals surface area contributed by atoms with Gasteiger partial charge in [-0.2, -0.15) is 0 Å². The van der Waals surface area contributed by atoms with Gasteiger partial charge in [0.2, 0.25) is 5.91 Å². The second-order valence-electron chi connectivity index (χ2n) is 8.16. The molecule has 7 nitrogen and oxygen atoms in total. The molecule has 1 aliphatic rings. The summed E-state index contributed by atoms with van der Waals surface area (Å²) in [5.74, 6) is -0.401. The minimum absolute atomic E-state index is 0.206. The number of carbonyl (C=O) groups excluding carboxylic acids is 3. The largest absolute Gasteiger partial charge is 0.354 e. The number of nitrogens with one attached hydrogen (secondary N) is 1. The molecule has 2 aromatic carbocycles. The zero-order valence-corrected chi connectivity index (χ0v) is 18.0. The molecule has 0 fully saturated rings. The van der Waals surface area contributed by atoms with Gasteiger partial charge in [0.05, 0.1) is 22.2 Å². The lowest BCUT2D eigenvalue weighted by molar-refractivity contribution is -0.126. The van der Waals surface area contributed by atoms with E-state index in [0.717, 1.165) is 21.8 Å². The Morgan fingerprint density at radius 2 is 1.61 bits per heavy atom. The third kappa shape index (κ3) is 3.71. The van der Waals surface area contributed by atoms with Crippen LogP contribution in [-0.4, -0.2) is 44.8 Å². The van der Waals surface area contributed by atoms with Crippen LogP contribution in [0.1, 0.15) is 46.8 Å². The standard InChI is InChI=1S/C24H26N4O3/c1-15(2)21(28-23(30)17-9-4-5-10-18(17)24(28)31)22(29)25-13-8-14-27-16(3)26-19-11-6-7-12-20(19)27/h4-7,9-12,15,21H,8,13-14H2,1-3H3,(H,25,29). The molecule has 1 aliphatic heterocycles. The van der Waals surface area contributed by atoms with E-state index in [1.165, 1.54) is 0 Å². The Labute approximate surface area is 181 Å². The molecule has 0 radical (unpaired) electrons. The highest BCUT2D eigenvalue weighted by Crippen LogP contribution is 2.27.